The Morgan fingerprint density at radius 3 is 1.93 bits per heavy atom. The van der Waals surface area contributed by atoms with Gasteiger partial charge < -0.3 is 0 Å². The fraction of sp³-hybridized carbons (Fsp3) is 0.714. The van der Waals surface area contributed by atoms with Gasteiger partial charge in [0.1, 0.15) is 0 Å². The van der Waals surface area contributed by atoms with Crippen molar-refractivity contribution in [3.63, 3.8) is 0 Å². The first-order valence-corrected chi connectivity index (χ1v) is 5.28. The third kappa shape index (κ3) is 9.39. The van der Waals surface area contributed by atoms with E-state index < -0.39 is 0 Å². The zero-order valence-electron chi connectivity index (χ0n) is 10.8. The van der Waals surface area contributed by atoms with Gasteiger partial charge in [-0.3, -0.25) is 0 Å². The Labute approximate surface area is 89.4 Å². The summed E-state index contributed by atoms with van der Waals surface area (Å²) in [7, 11) is 0. The van der Waals surface area contributed by atoms with Crippen molar-refractivity contribution in [1.82, 2.24) is 0 Å². The molecule has 0 amide bonds. The van der Waals surface area contributed by atoms with E-state index in [9.17, 15) is 0 Å². The Morgan fingerprint density at radius 2 is 1.57 bits per heavy atom. The summed E-state index contributed by atoms with van der Waals surface area (Å²) in [5.41, 5.74) is 8.17. The quantitative estimate of drug-likeness (QED) is 0.527. The van der Waals surface area contributed by atoms with Gasteiger partial charge in [-0.25, -0.2) is 0 Å². The highest BCUT2D eigenvalue weighted by Crippen LogP contribution is 2.22. The highest BCUT2D eigenvalue weighted by atomic mass is 14.1. The molecule has 0 saturated heterocycles. The van der Waals surface area contributed by atoms with Gasteiger partial charge in [-0.1, -0.05) is 53.0 Å². The molecule has 0 heterocycles. The lowest BCUT2D eigenvalue weighted by Gasteiger charge is -2.16. The van der Waals surface area contributed by atoms with Crippen molar-refractivity contribution in [2.24, 2.45) is 10.8 Å². The molecule has 0 nitrogen and oxygen atoms in total. The van der Waals surface area contributed by atoms with Crippen molar-refractivity contribution in [3.05, 3.63) is 23.1 Å². The summed E-state index contributed by atoms with van der Waals surface area (Å²) in [4.78, 5) is 0. The first kappa shape index (κ1) is 13.3. The van der Waals surface area contributed by atoms with E-state index in [4.69, 9.17) is 0 Å². The molecular formula is C14H24. The normalized spacial score (nSPS) is 11.6. The van der Waals surface area contributed by atoms with E-state index in [1.54, 1.807) is 0 Å². The van der Waals surface area contributed by atoms with Crippen molar-refractivity contribution >= 4 is 0 Å². The Hall–Kier alpha value is -0.700. The highest BCUT2D eigenvalue weighted by molar-refractivity contribution is 5.02. The molecule has 0 aliphatic heterocycles. The maximum absolute atomic E-state index is 3.21. The third-order valence-electron chi connectivity index (χ3n) is 1.59. The Bertz CT molecular complexity index is 266. The SMILES string of the molecule is CC(=C=C=CC(C)(C)C)CC(C)(C)C. The van der Waals surface area contributed by atoms with Crippen LogP contribution >= 0.6 is 0 Å². The lowest BCUT2D eigenvalue weighted by atomic mass is 9.89. The van der Waals surface area contributed by atoms with Crippen LogP contribution in [0.4, 0.5) is 0 Å². The van der Waals surface area contributed by atoms with E-state index in [1.807, 2.05) is 0 Å². The molecule has 80 valence electrons. The Balaban J connectivity index is 4.61. The third-order valence-corrected chi connectivity index (χ3v) is 1.59. The van der Waals surface area contributed by atoms with E-state index in [0.717, 1.165) is 6.42 Å². The predicted octanol–water partition coefficient (Wildman–Crippen LogP) is 4.73. The van der Waals surface area contributed by atoms with Gasteiger partial charge in [0, 0.05) is 0 Å². The minimum absolute atomic E-state index is 0.203. The molecule has 0 rings (SSSR count). The van der Waals surface area contributed by atoms with Crippen molar-refractivity contribution in [2.45, 2.75) is 54.9 Å². The number of allylic oxidation sites excluding steroid dienone is 2. The molecule has 0 spiro atoms. The lowest BCUT2D eigenvalue weighted by Crippen LogP contribution is -2.04. The maximum atomic E-state index is 3.21. The number of hydrogen-bond acceptors (Lipinski definition) is 0. The van der Waals surface area contributed by atoms with Crippen LogP contribution in [0.3, 0.4) is 0 Å². The van der Waals surface area contributed by atoms with E-state index >= 15 is 0 Å². The van der Waals surface area contributed by atoms with Crippen LogP contribution in [0.1, 0.15) is 54.9 Å². The van der Waals surface area contributed by atoms with Gasteiger partial charge >= 0.3 is 0 Å². The standard InChI is InChI=1S/C14H24/c1-12(11-14(5,6)7)9-8-10-13(2,3)4/h10H,11H2,1-7H3. The second-order valence-electron chi connectivity index (χ2n) is 6.30. The molecule has 0 aromatic heterocycles. The van der Waals surface area contributed by atoms with Crippen LogP contribution in [-0.2, 0) is 0 Å². The van der Waals surface area contributed by atoms with Crippen LogP contribution in [0.2, 0.25) is 0 Å². The van der Waals surface area contributed by atoms with Crippen molar-refractivity contribution in [1.29, 1.82) is 0 Å². The molecule has 0 saturated carbocycles. The number of hydrogen-bond donors (Lipinski definition) is 0. The minimum Gasteiger partial charge on any atom is -0.0741 e. The highest BCUT2D eigenvalue weighted by Gasteiger charge is 2.09. The minimum atomic E-state index is 0.203. The van der Waals surface area contributed by atoms with Gasteiger partial charge in [-0.05, 0) is 35.8 Å². The fourth-order valence-corrected chi connectivity index (χ4v) is 1.22. The molecule has 0 bridgehead atoms. The van der Waals surface area contributed by atoms with Crippen molar-refractivity contribution < 1.29 is 0 Å². The second-order valence-corrected chi connectivity index (χ2v) is 6.30. The van der Waals surface area contributed by atoms with Crippen LogP contribution in [0.15, 0.2) is 23.1 Å². The molecule has 0 heteroatoms. The summed E-state index contributed by atoms with van der Waals surface area (Å²) < 4.78 is 0. The maximum Gasteiger partial charge on any atom is -0.0121 e. The number of rotatable bonds is 1. The van der Waals surface area contributed by atoms with Gasteiger partial charge in [0.2, 0.25) is 0 Å². The van der Waals surface area contributed by atoms with Crippen molar-refractivity contribution in [3.8, 4) is 0 Å². The zero-order valence-corrected chi connectivity index (χ0v) is 10.8. The molecule has 14 heavy (non-hydrogen) atoms. The first-order valence-electron chi connectivity index (χ1n) is 5.28. The molecule has 0 aliphatic rings. The van der Waals surface area contributed by atoms with Crippen LogP contribution in [0.5, 0.6) is 0 Å². The second kappa shape index (κ2) is 4.69. The molecule has 0 aliphatic carbocycles. The Kier molecular flexibility index (Phi) is 4.46. The molecule has 0 aromatic carbocycles. The summed E-state index contributed by atoms with van der Waals surface area (Å²) in [5.74, 6) is 0. The molecule has 0 fully saturated rings. The summed E-state index contributed by atoms with van der Waals surface area (Å²) in [5, 5.41) is 0. The Morgan fingerprint density at radius 1 is 1.07 bits per heavy atom. The van der Waals surface area contributed by atoms with Crippen LogP contribution < -0.4 is 0 Å². The molecule has 0 radical (unpaired) electrons. The van der Waals surface area contributed by atoms with Gasteiger partial charge in [0.05, 0.1) is 0 Å². The molecular weight excluding hydrogens is 168 g/mol. The lowest BCUT2D eigenvalue weighted by molar-refractivity contribution is 0.410. The van der Waals surface area contributed by atoms with Gasteiger partial charge in [0.25, 0.3) is 0 Å². The average Bonchev–Trinajstić information content (AvgIpc) is 1.78. The summed E-state index contributed by atoms with van der Waals surface area (Å²) in [6, 6.07) is 0. The van der Waals surface area contributed by atoms with Crippen LogP contribution in [0.25, 0.3) is 0 Å². The zero-order chi connectivity index (χ0) is 11.4. The fourth-order valence-electron chi connectivity index (χ4n) is 1.22. The van der Waals surface area contributed by atoms with E-state index in [1.165, 1.54) is 5.57 Å². The topological polar surface area (TPSA) is 0 Å². The average molecular weight is 192 g/mol. The van der Waals surface area contributed by atoms with E-state index in [2.05, 4.69) is 66.0 Å². The monoisotopic (exact) mass is 192 g/mol. The van der Waals surface area contributed by atoms with Gasteiger partial charge in [-0.15, -0.1) is 0 Å². The van der Waals surface area contributed by atoms with Gasteiger partial charge in [-0.2, -0.15) is 0 Å². The van der Waals surface area contributed by atoms with Crippen molar-refractivity contribution in [2.75, 3.05) is 0 Å². The van der Waals surface area contributed by atoms with Crippen LogP contribution in [0, 0.1) is 10.8 Å². The van der Waals surface area contributed by atoms with Crippen LogP contribution in [-0.4, -0.2) is 0 Å². The first-order chi connectivity index (χ1) is 6.10. The molecule has 0 unspecified atom stereocenters. The van der Waals surface area contributed by atoms with E-state index in [0.29, 0.717) is 5.41 Å². The smallest absolute Gasteiger partial charge is 0.0121 e. The predicted molar refractivity (Wildman–Crippen MR) is 64.3 cm³/mol. The summed E-state index contributed by atoms with van der Waals surface area (Å²) >= 11 is 0. The van der Waals surface area contributed by atoms with E-state index in [-0.39, 0.29) is 5.41 Å². The largest absolute Gasteiger partial charge is 0.0741 e. The summed E-state index contributed by atoms with van der Waals surface area (Å²) in [6.45, 7) is 15.3. The van der Waals surface area contributed by atoms with Gasteiger partial charge in [0.15, 0.2) is 0 Å². The molecule has 0 atom stereocenters. The molecule has 0 N–H and O–H groups in total. The summed E-state index contributed by atoms with van der Waals surface area (Å²) in [6.07, 6.45) is 3.15. The molecule has 0 aromatic rings.